The number of sulfone groups is 2. The minimum Gasteiger partial charge on any atom is -0.497 e. The van der Waals surface area contributed by atoms with Gasteiger partial charge in [-0.1, -0.05) is 30.3 Å². The third kappa shape index (κ3) is 4.05. The van der Waals surface area contributed by atoms with Gasteiger partial charge in [0.2, 0.25) is 19.7 Å². The van der Waals surface area contributed by atoms with Gasteiger partial charge in [0.25, 0.3) is 0 Å². The first kappa shape index (κ1) is 21.0. The number of hydrogen-bond donors (Lipinski definition) is 1. The third-order valence-corrected chi connectivity index (χ3v) is 8.27. The van der Waals surface area contributed by atoms with Crippen molar-refractivity contribution in [2.45, 2.75) is 32.5 Å². The van der Waals surface area contributed by atoms with Crippen molar-refractivity contribution in [2.24, 2.45) is 5.73 Å². The van der Waals surface area contributed by atoms with Crippen LogP contribution in [-0.4, -0.2) is 23.9 Å². The second kappa shape index (κ2) is 7.98. The lowest BCUT2D eigenvalue weighted by Crippen LogP contribution is -2.12. The molecule has 2 N–H and O–H groups in total. The first-order chi connectivity index (χ1) is 13.7. The highest BCUT2D eigenvalue weighted by Gasteiger charge is 2.30. The van der Waals surface area contributed by atoms with Gasteiger partial charge in [-0.25, -0.2) is 16.8 Å². The number of methoxy groups -OCH3 is 1. The average molecular weight is 432 g/mol. The van der Waals surface area contributed by atoms with Gasteiger partial charge in [0.15, 0.2) is 0 Å². The molecule has 0 fully saturated rings. The first-order valence-corrected chi connectivity index (χ1v) is 11.7. The molecule has 0 spiro atoms. The summed E-state index contributed by atoms with van der Waals surface area (Å²) in [7, 11) is -6.81. The highest BCUT2D eigenvalue weighted by Crippen LogP contribution is 2.34. The van der Waals surface area contributed by atoms with Gasteiger partial charge in [0.05, 0.1) is 26.7 Å². The molecular formula is C21H21NO5S2. The van der Waals surface area contributed by atoms with Crippen LogP contribution in [0.4, 0.5) is 0 Å². The van der Waals surface area contributed by atoms with Gasteiger partial charge in [-0.2, -0.15) is 0 Å². The van der Waals surface area contributed by atoms with E-state index in [-0.39, 0.29) is 31.4 Å². The number of ether oxygens (including phenoxy) is 1. The predicted molar refractivity (Wildman–Crippen MR) is 109 cm³/mol. The van der Waals surface area contributed by atoms with Crippen molar-refractivity contribution >= 4 is 19.7 Å². The minimum atomic E-state index is -4.10. The summed E-state index contributed by atoms with van der Waals surface area (Å²) in [6.07, 6.45) is 0. The summed E-state index contributed by atoms with van der Waals surface area (Å²) in [5.74, 6) is 0.241. The van der Waals surface area contributed by atoms with Crippen LogP contribution < -0.4 is 10.5 Å². The maximum atomic E-state index is 13.3. The van der Waals surface area contributed by atoms with E-state index in [0.29, 0.717) is 0 Å². The molecule has 0 aliphatic carbocycles. The Morgan fingerprint density at radius 1 is 0.759 bits per heavy atom. The van der Waals surface area contributed by atoms with Crippen molar-refractivity contribution in [3.63, 3.8) is 0 Å². The number of rotatable bonds is 6. The Labute approximate surface area is 170 Å². The summed E-state index contributed by atoms with van der Waals surface area (Å²) in [5.41, 5.74) is 6.59. The monoisotopic (exact) mass is 431 g/mol. The van der Waals surface area contributed by atoms with Crippen molar-refractivity contribution in [1.29, 1.82) is 0 Å². The van der Waals surface area contributed by atoms with E-state index in [1.165, 1.54) is 49.6 Å². The van der Waals surface area contributed by atoms with Crippen molar-refractivity contribution in [2.75, 3.05) is 7.11 Å². The van der Waals surface area contributed by atoms with Crippen molar-refractivity contribution in [3.8, 4) is 5.75 Å². The molecule has 0 bridgehead atoms. The van der Waals surface area contributed by atoms with Gasteiger partial charge >= 0.3 is 0 Å². The predicted octanol–water partition coefficient (Wildman–Crippen LogP) is 3.38. The topological polar surface area (TPSA) is 104 Å². The molecule has 0 saturated heterocycles. The Hall–Kier alpha value is -2.68. The van der Waals surface area contributed by atoms with E-state index < -0.39 is 19.7 Å². The van der Waals surface area contributed by atoms with E-state index in [1.54, 1.807) is 37.3 Å². The van der Waals surface area contributed by atoms with Crippen LogP contribution in [0.1, 0.15) is 18.5 Å². The summed E-state index contributed by atoms with van der Waals surface area (Å²) >= 11 is 0. The van der Waals surface area contributed by atoms with Gasteiger partial charge in [-0.15, -0.1) is 0 Å². The average Bonchev–Trinajstić information content (AvgIpc) is 2.74. The van der Waals surface area contributed by atoms with Crippen LogP contribution in [0, 0.1) is 0 Å². The lowest BCUT2D eigenvalue weighted by atomic mass is 10.1. The van der Waals surface area contributed by atoms with Gasteiger partial charge < -0.3 is 10.5 Å². The molecule has 3 rings (SSSR count). The molecule has 8 heteroatoms. The fraction of sp³-hybridized carbons (Fsp3) is 0.143. The van der Waals surface area contributed by atoms with Crippen LogP contribution in [0.15, 0.2) is 92.4 Å². The third-order valence-electron chi connectivity index (χ3n) is 4.50. The number of nitrogens with two attached hydrogens (primary N) is 1. The molecule has 3 aromatic rings. The van der Waals surface area contributed by atoms with Crippen LogP contribution >= 0.6 is 0 Å². The van der Waals surface area contributed by atoms with Gasteiger partial charge in [0.1, 0.15) is 5.75 Å². The smallest absolute Gasteiger partial charge is 0.208 e. The van der Waals surface area contributed by atoms with Crippen molar-refractivity contribution in [1.82, 2.24) is 0 Å². The molecule has 6 nitrogen and oxygen atoms in total. The quantitative estimate of drug-likeness (QED) is 0.642. The van der Waals surface area contributed by atoms with Crippen molar-refractivity contribution < 1.29 is 21.6 Å². The van der Waals surface area contributed by atoms with E-state index in [0.717, 1.165) is 5.56 Å². The van der Waals surface area contributed by atoms with Crippen LogP contribution in [0.2, 0.25) is 0 Å². The summed E-state index contributed by atoms with van der Waals surface area (Å²) < 4.78 is 58.1. The highest BCUT2D eigenvalue weighted by atomic mass is 32.2. The van der Waals surface area contributed by atoms with Crippen LogP contribution in [-0.2, 0) is 19.7 Å². The zero-order valence-corrected chi connectivity index (χ0v) is 17.6. The fourth-order valence-corrected chi connectivity index (χ4v) is 6.20. The maximum absolute atomic E-state index is 13.3. The second-order valence-corrected chi connectivity index (χ2v) is 10.3. The molecule has 0 aliphatic heterocycles. The first-order valence-electron chi connectivity index (χ1n) is 8.76. The van der Waals surface area contributed by atoms with Gasteiger partial charge in [-0.05, 0) is 48.9 Å². The molecule has 1 unspecified atom stereocenters. The summed E-state index contributed by atoms with van der Waals surface area (Å²) in [4.78, 5) is -0.663. The molecule has 3 aromatic carbocycles. The Bertz CT molecular complexity index is 1220. The lowest BCUT2D eigenvalue weighted by Gasteiger charge is -2.14. The number of hydrogen-bond acceptors (Lipinski definition) is 6. The van der Waals surface area contributed by atoms with Crippen LogP contribution in [0.5, 0.6) is 5.75 Å². The molecule has 0 aromatic heterocycles. The largest absolute Gasteiger partial charge is 0.497 e. The van der Waals surface area contributed by atoms with Crippen LogP contribution in [0.25, 0.3) is 0 Å². The SMILES string of the molecule is COc1ccc(S(=O)(=O)c2ccc(C(C)N)cc2)c(S(=O)(=O)c2ccccc2)c1. The molecule has 0 heterocycles. The molecule has 0 aliphatic rings. The lowest BCUT2D eigenvalue weighted by molar-refractivity contribution is 0.412. The Balaban J connectivity index is 2.22. The molecule has 29 heavy (non-hydrogen) atoms. The van der Waals surface area contributed by atoms with Crippen molar-refractivity contribution in [3.05, 3.63) is 78.4 Å². The fourth-order valence-electron chi connectivity index (χ4n) is 2.85. The van der Waals surface area contributed by atoms with Gasteiger partial charge in [-0.3, -0.25) is 0 Å². The number of benzene rings is 3. The normalized spacial score (nSPS) is 13.1. The molecule has 0 saturated carbocycles. The second-order valence-electron chi connectivity index (χ2n) is 6.49. The molecule has 152 valence electrons. The summed E-state index contributed by atoms with van der Waals surface area (Å²) in [6.45, 7) is 1.79. The minimum absolute atomic E-state index is 0.00277. The summed E-state index contributed by atoms with van der Waals surface area (Å²) in [6, 6.07) is 17.4. The zero-order chi connectivity index (χ0) is 21.2. The Morgan fingerprint density at radius 2 is 1.31 bits per heavy atom. The summed E-state index contributed by atoms with van der Waals surface area (Å²) in [5, 5.41) is 0. The Morgan fingerprint density at radius 3 is 1.86 bits per heavy atom. The molecule has 0 amide bonds. The van der Waals surface area contributed by atoms with E-state index in [1.807, 2.05) is 0 Å². The molecule has 1 atom stereocenters. The standard InChI is InChI=1S/C21H21NO5S2/c1-15(22)16-8-11-19(12-9-16)28(23,24)20-13-10-17(27-2)14-21(20)29(25,26)18-6-4-3-5-7-18/h3-15H,22H2,1-2H3. The Kier molecular flexibility index (Phi) is 5.79. The van der Waals surface area contributed by atoms with E-state index in [2.05, 4.69) is 0 Å². The highest BCUT2D eigenvalue weighted by molar-refractivity contribution is 7.94. The zero-order valence-electron chi connectivity index (χ0n) is 15.9. The molecule has 0 radical (unpaired) electrons. The molecular weight excluding hydrogens is 410 g/mol. The van der Waals surface area contributed by atoms with E-state index in [9.17, 15) is 16.8 Å². The van der Waals surface area contributed by atoms with E-state index in [4.69, 9.17) is 10.5 Å². The van der Waals surface area contributed by atoms with E-state index >= 15 is 0 Å². The van der Waals surface area contributed by atoms with Gasteiger partial charge in [0, 0.05) is 12.1 Å². The maximum Gasteiger partial charge on any atom is 0.208 e. The van der Waals surface area contributed by atoms with Crippen LogP contribution in [0.3, 0.4) is 0 Å².